The molecule has 4 heteroatoms. The molecule has 1 saturated heterocycles. The fraction of sp³-hybridized carbons (Fsp3) is 0.889. The number of rotatable bonds is 5. The van der Waals surface area contributed by atoms with E-state index in [1.807, 2.05) is 11.8 Å². The zero-order valence-electron chi connectivity index (χ0n) is 8.04. The molecule has 0 aromatic rings. The van der Waals surface area contributed by atoms with E-state index in [4.69, 9.17) is 0 Å². The molecule has 1 aliphatic heterocycles. The minimum Gasteiger partial charge on any atom is -0.469 e. The lowest BCUT2D eigenvalue weighted by molar-refractivity contribution is -0.140. The van der Waals surface area contributed by atoms with Crippen molar-refractivity contribution in [3.63, 3.8) is 0 Å². The molecule has 1 heterocycles. The highest BCUT2D eigenvalue weighted by molar-refractivity contribution is 7.99. The molecule has 3 nitrogen and oxygen atoms in total. The molecule has 0 aliphatic carbocycles. The van der Waals surface area contributed by atoms with Gasteiger partial charge in [0.15, 0.2) is 0 Å². The van der Waals surface area contributed by atoms with Crippen molar-refractivity contribution in [2.75, 3.05) is 25.2 Å². The van der Waals surface area contributed by atoms with Gasteiger partial charge < -0.3 is 10.1 Å². The van der Waals surface area contributed by atoms with Gasteiger partial charge in [0.2, 0.25) is 0 Å². The van der Waals surface area contributed by atoms with E-state index in [1.165, 1.54) is 20.0 Å². The summed E-state index contributed by atoms with van der Waals surface area (Å²) in [6.07, 6.45) is 3.11. The Kier molecular flexibility index (Phi) is 5.23. The van der Waals surface area contributed by atoms with Gasteiger partial charge in [-0.05, 0) is 19.4 Å². The third kappa shape index (κ3) is 4.52. The molecule has 0 radical (unpaired) electrons. The number of ether oxygens (including phenoxy) is 1. The average molecular weight is 203 g/mol. The first-order chi connectivity index (χ1) is 6.33. The lowest BCUT2D eigenvalue weighted by Gasteiger charge is -2.08. The minimum atomic E-state index is -0.105. The molecular weight excluding hydrogens is 186 g/mol. The van der Waals surface area contributed by atoms with Gasteiger partial charge in [-0.25, -0.2) is 0 Å². The van der Waals surface area contributed by atoms with Gasteiger partial charge in [-0.15, -0.1) is 0 Å². The molecule has 0 amide bonds. The summed E-state index contributed by atoms with van der Waals surface area (Å²) in [6, 6.07) is 0.669. The summed E-state index contributed by atoms with van der Waals surface area (Å²) in [5, 5.41) is 3.42. The zero-order chi connectivity index (χ0) is 9.52. The van der Waals surface area contributed by atoms with Gasteiger partial charge in [-0.1, -0.05) is 0 Å². The Balaban J connectivity index is 1.91. The number of methoxy groups -OCH3 is 1. The lowest BCUT2D eigenvalue weighted by Crippen LogP contribution is -2.23. The van der Waals surface area contributed by atoms with Crippen molar-refractivity contribution in [2.24, 2.45) is 0 Å². The van der Waals surface area contributed by atoms with E-state index >= 15 is 0 Å². The highest BCUT2D eigenvalue weighted by Gasteiger charge is 2.13. The summed E-state index contributed by atoms with van der Waals surface area (Å²) in [4.78, 5) is 10.8. The van der Waals surface area contributed by atoms with Crippen LogP contribution < -0.4 is 5.32 Å². The molecule has 0 aromatic heterocycles. The summed E-state index contributed by atoms with van der Waals surface area (Å²) in [7, 11) is 1.44. The maximum absolute atomic E-state index is 10.8. The Bertz CT molecular complexity index is 158. The number of carbonyl (C=O) groups is 1. The van der Waals surface area contributed by atoms with Gasteiger partial charge in [0.05, 0.1) is 13.5 Å². The standard InChI is InChI=1S/C9H17NO2S/c1-12-9(11)4-6-13-7-8-3-2-5-10-8/h8,10H,2-7H2,1H3/t8-/m0/s1. The van der Waals surface area contributed by atoms with Crippen LogP contribution in [0.1, 0.15) is 19.3 Å². The second kappa shape index (κ2) is 6.27. The zero-order valence-corrected chi connectivity index (χ0v) is 8.86. The van der Waals surface area contributed by atoms with Crippen LogP contribution in [0.4, 0.5) is 0 Å². The van der Waals surface area contributed by atoms with E-state index in [9.17, 15) is 4.79 Å². The summed E-state index contributed by atoms with van der Waals surface area (Å²) in [5.41, 5.74) is 0. The number of thioether (sulfide) groups is 1. The second-order valence-corrected chi connectivity index (χ2v) is 4.34. The van der Waals surface area contributed by atoms with Crippen molar-refractivity contribution in [2.45, 2.75) is 25.3 Å². The molecule has 0 spiro atoms. The second-order valence-electron chi connectivity index (χ2n) is 3.19. The van der Waals surface area contributed by atoms with Crippen LogP contribution in [0, 0.1) is 0 Å². The van der Waals surface area contributed by atoms with Gasteiger partial charge in [-0.3, -0.25) is 4.79 Å². The third-order valence-electron chi connectivity index (χ3n) is 2.16. The Hall–Kier alpha value is -0.220. The fourth-order valence-electron chi connectivity index (χ4n) is 1.38. The number of carbonyl (C=O) groups excluding carboxylic acids is 1. The quantitative estimate of drug-likeness (QED) is 0.535. The van der Waals surface area contributed by atoms with Crippen molar-refractivity contribution in [3.8, 4) is 0 Å². The Labute approximate surface area is 83.6 Å². The van der Waals surface area contributed by atoms with E-state index in [2.05, 4.69) is 10.1 Å². The molecule has 0 aromatic carbocycles. The van der Waals surface area contributed by atoms with Crippen LogP contribution in [0.5, 0.6) is 0 Å². The molecule has 0 bridgehead atoms. The molecule has 13 heavy (non-hydrogen) atoms. The minimum absolute atomic E-state index is 0.105. The van der Waals surface area contributed by atoms with Crippen LogP contribution in [0.3, 0.4) is 0 Å². The maximum Gasteiger partial charge on any atom is 0.306 e. The van der Waals surface area contributed by atoms with Crippen molar-refractivity contribution in [1.82, 2.24) is 5.32 Å². The molecule has 1 atom stereocenters. The summed E-state index contributed by atoms with van der Waals surface area (Å²) < 4.78 is 4.55. The molecule has 1 fully saturated rings. The van der Waals surface area contributed by atoms with Crippen molar-refractivity contribution in [3.05, 3.63) is 0 Å². The largest absolute Gasteiger partial charge is 0.469 e. The van der Waals surface area contributed by atoms with Crippen LogP contribution in [0.15, 0.2) is 0 Å². The van der Waals surface area contributed by atoms with E-state index in [-0.39, 0.29) is 5.97 Å². The number of nitrogens with one attached hydrogen (secondary N) is 1. The molecule has 1 N–H and O–H groups in total. The van der Waals surface area contributed by atoms with E-state index in [0.717, 1.165) is 18.1 Å². The fourth-order valence-corrected chi connectivity index (χ4v) is 2.43. The first kappa shape index (κ1) is 10.9. The molecule has 1 rings (SSSR count). The Morgan fingerprint density at radius 2 is 2.54 bits per heavy atom. The molecule has 0 saturated carbocycles. The first-order valence-corrected chi connectivity index (χ1v) is 5.86. The van der Waals surface area contributed by atoms with E-state index in [1.54, 1.807) is 0 Å². The Morgan fingerprint density at radius 3 is 3.15 bits per heavy atom. The van der Waals surface area contributed by atoms with E-state index in [0.29, 0.717) is 12.5 Å². The predicted octanol–water partition coefficient (Wildman–Crippen LogP) is 1.03. The van der Waals surface area contributed by atoms with Crippen LogP contribution in [-0.4, -0.2) is 37.2 Å². The maximum atomic E-state index is 10.8. The number of esters is 1. The van der Waals surface area contributed by atoms with Crippen LogP contribution >= 0.6 is 11.8 Å². The predicted molar refractivity (Wildman–Crippen MR) is 55.0 cm³/mol. The van der Waals surface area contributed by atoms with Crippen molar-refractivity contribution < 1.29 is 9.53 Å². The Morgan fingerprint density at radius 1 is 1.69 bits per heavy atom. The van der Waals surface area contributed by atoms with E-state index < -0.39 is 0 Å². The third-order valence-corrected chi connectivity index (χ3v) is 3.29. The van der Waals surface area contributed by atoms with Crippen LogP contribution in [0.25, 0.3) is 0 Å². The monoisotopic (exact) mass is 203 g/mol. The smallest absolute Gasteiger partial charge is 0.306 e. The lowest BCUT2D eigenvalue weighted by atomic mass is 10.3. The number of hydrogen-bond donors (Lipinski definition) is 1. The SMILES string of the molecule is COC(=O)CCSC[C@@H]1CCCN1. The molecular formula is C9H17NO2S. The summed E-state index contributed by atoms with van der Waals surface area (Å²) >= 11 is 1.83. The van der Waals surface area contributed by atoms with Crippen LogP contribution in [0.2, 0.25) is 0 Å². The average Bonchev–Trinajstić information content (AvgIpc) is 2.64. The van der Waals surface area contributed by atoms with Gasteiger partial charge in [0.1, 0.15) is 0 Å². The summed E-state index contributed by atoms with van der Waals surface area (Å²) in [5.74, 6) is 1.90. The summed E-state index contributed by atoms with van der Waals surface area (Å²) in [6.45, 7) is 1.15. The molecule has 76 valence electrons. The highest BCUT2D eigenvalue weighted by atomic mass is 32.2. The van der Waals surface area contributed by atoms with Crippen molar-refractivity contribution in [1.29, 1.82) is 0 Å². The van der Waals surface area contributed by atoms with Crippen LogP contribution in [-0.2, 0) is 9.53 Å². The van der Waals surface area contributed by atoms with Gasteiger partial charge in [0, 0.05) is 17.5 Å². The topological polar surface area (TPSA) is 38.3 Å². The molecule has 0 unspecified atom stereocenters. The van der Waals surface area contributed by atoms with Gasteiger partial charge >= 0.3 is 5.97 Å². The molecule has 1 aliphatic rings. The normalized spacial score (nSPS) is 21.8. The first-order valence-electron chi connectivity index (χ1n) is 4.71. The number of hydrogen-bond acceptors (Lipinski definition) is 4. The highest BCUT2D eigenvalue weighted by Crippen LogP contribution is 2.12. The van der Waals surface area contributed by atoms with Gasteiger partial charge in [0.25, 0.3) is 0 Å². The van der Waals surface area contributed by atoms with Gasteiger partial charge in [-0.2, -0.15) is 11.8 Å². The van der Waals surface area contributed by atoms with Crippen molar-refractivity contribution >= 4 is 17.7 Å².